The predicted octanol–water partition coefficient (Wildman–Crippen LogP) is 5.55. The summed E-state index contributed by atoms with van der Waals surface area (Å²) in [6.45, 7) is 12.2. The highest BCUT2D eigenvalue weighted by molar-refractivity contribution is 5.80. The number of fused-ring (bicyclic) bond motifs is 1. The van der Waals surface area contributed by atoms with Crippen LogP contribution in [0, 0.1) is 11.3 Å². The Hall–Kier alpha value is -3.76. The zero-order valence-electron chi connectivity index (χ0n) is 24.5. The average molecular weight is 555 g/mol. The molecule has 41 heavy (non-hydrogen) atoms. The number of ether oxygens (including phenoxy) is 2. The molecule has 1 atom stereocenters. The smallest absolute Gasteiger partial charge is 0.224 e. The van der Waals surface area contributed by atoms with Crippen LogP contribution in [0.5, 0.6) is 11.5 Å². The molecule has 3 heterocycles. The fourth-order valence-corrected chi connectivity index (χ4v) is 6.77. The molecule has 3 aliphatic heterocycles. The van der Waals surface area contributed by atoms with Crippen LogP contribution in [0.25, 0.3) is 5.70 Å². The van der Waals surface area contributed by atoms with E-state index in [2.05, 4.69) is 52.5 Å². The summed E-state index contributed by atoms with van der Waals surface area (Å²) in [6, 6.07) is 15.1. The third-order valence-electron chi connectivity index (χ3n) is 9.25. The van der Waals surface area contributed by atoms with E-state index in [0.29, 0.717) is 6.42 Å². The van der Waals surface area contributed by atoms with Crippen molar-refractivity contribution >= 4 is 11.6 Å². The van der Waals surface area contributed by atoms with Gasteiger partial charge >= 0.3 is 0 Å². The molecule has 2 aromatic carbocycles. The molecule has 0 bridgehead atoms. The molecular formula is C34H42N4O3. The molecule has 7 nitrogen and oxygen atoms in total. The van der Waals surface area contributed by atoms with Crippen LogP contribution in [0.15, 0.2) is 55.3 Å². The van der Waals surface area contributed by atoms with E-state index in [1.807, 2.05) is 18.2 Å². The zero-order valence-corrected chi connectivity index (χ0v) is 24.5. The molecule has 7 heteroatoms. The Balaban J connectivity index is 1.11. The molecule has 5 rings (SSSR count). The Bertz CT molecular complexity index is 1350. The second kappa shape index (κ2) is 12.4. The number of amides is 1. The molecule has 0 aromatic heterocycles. The van der Waals surface area contributed by atoms with E-state index in [1.165, 1.54) is 23.1 Å². The second-order valence-electron chi connectivity index (χ2n) is 11.6. The van der Waals surface area contributed by atoms with Gasteiger partial charge in [-0.15, -0.1) is 0 Å². The lowest BCUT2D eigenvalue weighted by atomic mass is 9.73. The van der Waals surface area contributed by atoms with Crippen LogP contribution < -0.4 is 14.8 Å². The molecule has 2 fully saturated rings. The number of piperidine rings is 2. The molecule has 2 saturated heterocycles. The average Bonchev–Trinajstić information content (AvgIpc) is 3.33. The first-order valence-electron chi connectivity index (χ1n) is 14.8. The van der Waals surface area contributed by atoms with E-state index in [0.717, 1.165) is 93.2 Å². The predicted molar refractivity (Wildman–Crippen MR) is 161 cm³/mol. The van der Waals surface area contributed by atoms with Gasteiger partial charge in [-0.05, 0) is 87.5 Å². The molecule has 0 radical (unpaired) electrons. The number of carbonyl (C=O) groups excluding carboxylic acids is 1. The van der Waals surface area contributed by atoms with Crippen molar-refractivity contribution in [3.05, 3.63) is 77.5 Å². The Morgan fingerprint density at radius 1 is 1.10 bits per heavy atom. The minimum Gasteiger partial charge on any atom is -0.497 e. The summed E-state index contributed by atoms with van der Waals surface area (Å²) in [5.41, 5.74) is 6.22. The van der Waals surface area contributed by atoms with E-state index in [4.69, 9.17) is 9.47 Å². The third kappa shape index (κ3) is 5.85. The summed E-state index contributed by atoms with van der Waals surface area (Å²) in [5, 5.41) is 13.1. The first kappa shape index (κ1) is 28.8. The molecule has 1 unspecified atom stereocenters. The van der Waals surface area contributed by atoms with Crippen molar-refractivity contribution in [2.24, 2.45) is 0 Å². The summed E-state index contributed by atoms with van der Waals surface area (Å²) >= 11 is 0. The number of benzene rings is 2. The van der Waals surface area contributed by atoms with Crippen molar-refractivity contribution < 1.29 is 14.3 Å². The number of unbranched alkanes of at least 4 members (excludes halogenated alkanes) is 2. The highest BCUT2D eigenvalue weighted by Crippen LogP contribution is 2.42. The van der Waals surface area contributed by atoms with Crippen LogP contribution >= 0.6 is 0 Å². The number of nitrogens with one attached hydrogen (secondary N) is 1. The van der Waals surface area contributed by atoms with Gasteiger partial charge in [-0.3, -0.25) is 4.79 Å². The fraction of sp³-hybridized carbons (Fsp3) is 0.471. The molecule has 0 saturated carbocycles. The topological polar surface area (TPSA) is 77.8 Å². The maximum atomic E-state index is 11.8. The Morgan fingerprint density at radius 2 is 1.90 bits per heavy atom. The highest BCUT2D eigenvalue weighted by Gasteiger charge is 2.39. The monoisotopic (exact) mass is 554 g/mol. The molecule has 1 amide bonds. The number of rotatable bonds is 10. The summed E-state index contributed by atoms with van der Waals surface area (Å²) in [4.78, 5) is 16.6. The minimum atomic E-state index is -0.544. The van der Waals surface area contributed by atoms with Crippen LogP contribution in [-0.2, 0) is 23.2 Å². The van der Waals surface area contributed by atoms with Crippen molar-refractivity contribution in [3.63, 3.8) is 0 Å². The first-order valence-corrected chi connectivity index (χ1v) is 14.8. The number of hydrogen-bond acceptors (Lipinski definition) is 6. The summed E-state index contributed by atoms with van der Waals surface area (Å²) < 4.78 is 11.0. The molecule has 0 spiro atoms. The van der Waals surface area contributed by atoms with Crippen LogP contribution in [0.4, 0.5) is 0 Å². The molecule has 3 aliphatic rings. The van der Waals surface area contributed by atoms with Gasteiger partial charge in [0.1, 0.15) is 11.5 Å². The van der Waals surface area contributed by atoms with Crippen molar-refractivity contribution in [2.45, 2.75) is 69.4 Å². The van der Waals surface area contributed by atoms with E-state index < -0.39 is 5.41 Å². The summed E-state index contributed by atoms with van der Waals surface area (Å²) in [6.07, 6.45) is 7.42. The SMILES string of the molecule is C=C1NC(=O)CCC1N1Cc2c(CCCCCN3CCC(C#N)(c4cc(OC)ccc4OC)CC3)cccc2C1=C. The fourth-order valence-electron chi connectivity index (χ4n) is 6.77. The van der Waals surface area contributed by atoms with E-state index in [1.54, 1.807) is 14.2 Å². The maximum Gasteiger partial charge on any atom is 0.224 e. The number of nitrogens with zero attached hydrogens (tertiary/aromatic N) is 3. The van der Waals surface area contributed by atoms with Gasteiger partial charge in [0.25, 0.3) is 0 Å². The van der Waals surface area contributed by atoms with Crippen molar-refractivity contribution in [3.8, 4) is 17.6 Å². The van der Waals surface area contributed by atoms with Crippen molar-refractivity contribution in [1.82, 2.24) is 15.1 Å². The van der Waals surface area contributed by atoms with E-state index in [-0.39, 0.29) is 11.9 Å². The first-order chi connectivity index (χ1) is 19.9. The van der Waals surface area contributed by atoms with Crippen LogP contribution in [0.1, 0.15) is 67.2 Å². The number of aryl methyl sites for hydroxylation is 1. The van der Waals surface area contributed by atoms with Gasteiger partial charge in [-0.25, -0.2) is 0 Å². The van der Waals surface area contributed by atoms with E-state index >= 15 is 0 Å². The van der Waals surface area contributed by atoms with Crippen LogP contribution in [-0.4, -0.2) is 55.6 Å². The summed E-state index contributed by atoms with van der Waals surface area (Å²) in [7, 11) is 3.32. The largest absolute Gasteiger partial charge is 0.497 e. The van der Waals surface area contributed by atoms with Gasteiger partial charge in [-0.1, -0.05) is 37.8 Å². The standard InChI is InChI=1S/C34H42N4O3/c1-24-31(13-15-33(39)36-24)38-22-29-26(10-8-11-28(29)25(38)2)9-6-5-7-18-37-19-16-34(23-35,17-20-37)30-21-27(40-3)12-14-32(30)41-4/h8,10-12,14,21,31H,1-2,5-7,9,13,15-20,22H2,3-4H3,(H,36,39). The van der Waals surface area contributed by atoms with Crippen molar-refractivity contribution in [2.75, 3.05) is 33.9 Å². The van der Waals surface area contributed by atoms with Gasteiger partial charge in [0.2, 0.25) is 5.91 Å². The molecule has 1 N–H and O–H groups in total. The van der Waals surface area contributed by atoms with Gasteiger partial charge < -0.3 is 24.6 Å². The number of carbonyl (C=O) groups is 1. The quantitative estimate of drug-likeness (QED) is 0.388. The number of hydrogen-bond donors (Lipinski definition) is 1. The van der Waals surface area contributed by atoms with E-state index in [9.17, 15) is 10.1 Å². The molecule has 0 aliphatic carbocycles. The Labute approximate surface area is 244 Å². The normalized spacial score (nSPS) is 20.4. The third-order valence-corrected chi connectivity index (χ3v) is 9.25. The Morgan fingerprint density at radius 3 is 2.61 bits per heavy atom. The maximum absolute atomic E-state index is 11.8. The summed E-state index contributed by atoms with van der Waals surface area (Å²) in [5.74, 6) is 1.57. The van der Waals surface area contributed by atoms with Gasteiger partial charge in [0.15, 0.2) is 0 Å². The lowest BCUT2D eigenvalue weighted by molar-refractivity contribution is -0.121. The van der Waals surface area contributed by atoms with Gasteiger partial charge in [0.05, 0.1) is 31.7 Å². The zero-order chi connectivity index (χ0) is 29.0. The van der Waals surface area contributed by atoms with Crippen LogP contribution in [0.2, 0.25) is 0 Å². The lowest BCUT2D eigenvalue weighted by Crippen LogP contribution is -2.43. The highest BCUT2D eigenvalue weighted by atomic mass is 16.5. The number of likely N-dealkylation sites (tertiary alicyclic amines) is 1. The van der Waals surface area contributed by atoms with Gasteiger partial charge in [0, 0.05) is 35.5 Å². The van der Waals surface area contributed by atoms with Gasteiger partial charge in [-0.2, -0.15) is 5.26 Å². The molecule has 216 valence electrons. The van der Waals surface area contributed by atoms with Crippen LogP contribution in [0.3, 0.4) is 0 Å². The second-order valence-corrected chi connectivity index (χ2v) is 11.6. The number of methoxy groups -OCH3 is 2. The lowest BCUT2D eigenvalue weighted by Gasteiger charge is -2.38. The molecular weight excluding hydrogens is 512 g/mol. The number of nitriles is 1. The van der Waals surface area contributed by atoms with Crippen molar-refractivity contribution in [1.29, 1.82) is 5.26 Å². The Kier molecular flexibility index (Phi) is 8.70. The minimum absolute atomic E-state index is 0.0558. The molecule has 2 aromatic rings.